The molecule has 0 radical (unpaired) electrons. The van der Waals surface area contributed by atoms with Crippen LogP contribution in [0.1, 0.15) is 66.4 Å². The molecule has 1 aromatic heterocycles. The molecular formula is C24H35N3O2. The first kappa shape index (κ1) is 20.4. The summed E-state index contributed by atoms with van der Waals surface area (Å²) in [5, 5.41) is 0. The second kappa shape index (κ2) is 8.86. The van der Waals surface area contributed by atoms with Crippen molar-refractivity contribution >= 4 is 12.0 Å². The van der Waals surface area contributed by atoms with E-state index in [1.165, 1.54) is 64.6 Å². The van der Waals surface area contributed by atoms with E-state index in [0.29, 0.717) is 17.9 Å². The Morgan fingerprint density at radius 3 is 2.55 bits per heavy atom. The summed E-state index contributed by atoms with van der Waals surface area (Å²) in [4.78, 5) is 29.9. The number of hydrogen-bond donors (Lipinski definition) is 0. The van der Waals surface area contributed by atoms with Crippen molar-refractivity contribution in [1.29, 1.82) is 0 Å². The predicted octanol–water partition coefficient (Wildman–Crippen LogP) is 3.32. The molecule has 0 bridgehead atoms. The van der Waals surface area contributed by atoms with Gasteiger partial charge in [-0.15, -0.1) is 0 Å². The number of pyridine rings is 1. The lowest BCUT2D eigenvalue weighted by atomic mass is 9.88. The molecule has 2 fully saturated rings. The average molecular weight is 398 g/mol. The van der Waals surface area contributed by atoms with Crippen LogP contribution < -0.4 is 5.56 Å². The van der Waals surface area contributed by atoms with Gasteiger partial charge in [-0.25, -0.2) is 0 Å². The molecule has 29 heavy (non-hydrogen) atoms. The molecular weight excluding hydrogens is 362 g/mol. The zero-order chi connectivity index (χ0) is 20.4. The molecule has 1 saturated carbocycles. The Labute approximate surface area is 174 Å². The molecule has 1 aliphatic heterocycles. The molecule has 1 saturated heterocycles. The van der Waals surface area contributed by atoms with Crippen LogP contribution in [-0.4, -0.2) is 53.5 Å². The van der Waals surface area contributed by atoms with Gasteiger partial charge < -0.3 is 14.4 Å². The molecule has 2 heterocycles. The standard InChI is InChI=1S/C24H35N3O2/c1-25(24(29)22-17-26(2)23(28)21-10-6-9-20(21)22)15-19-11-13-27(14-12-19)16-18-7-4-3-5-8-18/h6,9,17-19H,3-5,7-8,10-16H2,1-2H3. The van der Waals surface area contributed by atoms with Gasteiger partial charge in [0.1, 0.15) is 0 Å². The van der Waals surface area contributed by atoms with Gasteiger partial charge >= 0.3 is 0 Å². The quantitative estimate of drug-likeness (QED) is 0.766. The topological polar surface area (TPSA) is 45.5 Å². The van der Waals surface area contributed by atoms with E-state index in [1.807, 2.05) is 24.1 Å². The maximum Gasteiger partial charge on any atom is 0.255 e. The lowest BCUT2D eigenvalue weighted by Crippen LogP contribution is -2.41. The van der Waals surface area contributed by atoms with Crippen LogP contribution in [0.15, 0.2) is 17.1 Å². The summed E-state index contributed by atoms with van der Waals surface area (Å²) in [5.41, 5.74) is 2.25. The number of aryl methyl sites for hydroxylation is 1. The Balaban J connectivity index is 1.32. The van der Waals surface area contributed by atoms with Crippen molar-refractivity contribution in [2.45, 2.75) is 51.4 Å². The summed E-state index contributed by atoms with van der Waals surface area (Å²) in [5.74, 6) is 1.51. The highest BCUT2D eigenvalue weighted by atomic mass is 16.2. The number of likely N-dealkylation sites (tertiary alicyclic amines) is 1. The van der Waals surface area contributed by atoms with Gasteiger partial charge in [-0.1, -0.05) is 31.4 Å². The summed E-state index contributed by atoms with van der Waals surface area (Å²) in [6.45, 7) is 4.41. The summed E-state index contributed by atoms with van der Waals surface area (Å²) >= 11 is 0. The monoisotopic (exact) mass is 397 g/mol. The number of piperidine rings is 1. The molecule has 3 aliphatic rings. The third-order valence-corrected chi connectivity index (χ3v) is 7.18. The van der Waals surface area contributed by atoms with Gasteiger partial charge in [0.25, 0.3) is 11.5 Å². The maximum atomic E-state index is 13.1. The van der Waals surface area contributed by atoms with Crippen LogP contribution in [-0.2, 0) is 13.5 Å². The highest BCUT2D eigenvalue weighted by Gasteiger charge is 2.27. The van der Waals surface area contributed by atoms with E-state index >= 15 is 0 Å². The van der Waals surface area contributed by atoms with Gasteiger partial charge in [0.15, 0.2) is 0 Å². The van der Waals surface area contributed by atoms with Gasteiger partial charge in [-0.05, 0) is 62.6 Å². The number of carbonyl (C=O) groups excluding carboxylic acids is 1. The predicted molar refractivity (Wildman–Crippen MR) is 117 cm³/mol. The Kier molecular flexibility index (Phi) is 6.23. The van der Waals surface area contributed by atoms with Gasteiger partial charge in [0.2, 0.25) is 0 Å². The van der Waals surface area contributed by atoms with Gasteiger partial charge in [-0.3, -0.25) is 9.59 Å². The highest BCUT2D eigenvalue weighted by molar-refractivity contribution is 5.98. The van der Waals surface area contributed by atoms with E-state index in [-0.39, 0.29) is 11.5 Å². The Morgan fingerprint density at radius 2 is 1.83 bits per heavy atom. The molecule has 1 aromatic rings. The Morgan fingerprint density at radius 1 is 1.10 bits per heavy atom. The maximum absolute atomic E-state index is 13.1. The summed E-state index contributed by atoms with van der Waals surface area (Å²) in [6.07, 6.45) is 15.7. The van der Waals surface area contributed by atoms with Crippen molar-refractivity contribution in [3.63, 3.8) is 0 Å². The number of amides is 1. The van der Waals surface area contributed by atoms with E-state index in [1.54, 1.807) is 17.8 Å². The normalized spacial score (nSPS) is 20.8. The highest BCUT2D eigenvalue weighted by Crippen LogP contribution is 2.27. The SMILES string of the molecule is CN(CC1CCN(CC2CCCCC2)CC1)C(=O)c1cn(C)c(=O)c2c1C=CC2. The molecule has 4 rings (SSSR count). The van der Waals surface area contributed by atoms with Crippen LogP contribution in [0.3, 0.4) is 0 Å². The van der Waals surface area contributed by atoms with Crippen LogP contribution in [0, 0.1) is 11.8 Å². The summed E-state index contributed by atoms with van der Waals surface area (Å²) < 4.78 is 1.55. The van der Waals surface area contributed by atoms with E-state index in [2.05, 4.69) is 4.90 Å². The fourth-order valence-electron chi connectivity index (χ4n) is 5.43. The zero-order valence-corrected chi connectivity index (χ0v) is 18.0. The second-order valence-electron chi connectivity index (χ2n) is 9.39. The van der Waals surface area contributed by atoms with Crippen molar-refractivity contribution in [2.24, 2.45) is 18.9 Å². The minimum Gasteiger partial charge on any atom is -0.341 e. The van der Waals surface area contributed by atoms with E-state index < -0.39 is 0 Å². The average Bonchev–Trinajstić information content (AvgIpc) is 3.22. The van der Waals surface area contributed by atoms with Crippen molar-refractivity contribution in [3.05, 3.63) is 39.3 Å². The molecule has 5 heteroatoms. The zero-order valence-electron chi connectivity index (χ0n) is 18.0. The van der Waals surface area contributed by atoms with Crippen LogP contribution in [0.4, 0.5) is 0 Å². The minimum atomic E-state index is 0.00883. The third-order valence-electron chi connectivity index (χ3n) is 7.18. The van der Waals surface area contributed by atoms with E-state index in [9.17, 15) is 9.59 Å². The molecule has 1 amide bonds. The Bertz CT molecular complexity index is 827. The number of hydrogen-bond acceptors (Lipinski definition) is 3. The van der Waals surface area contributed by atoms with Crippen molar-refractivity contribution in [2.75, 3.05) is 33.2 Å². The minimum absolute atomic E-state index is 0.00883. The van der Waals surface area contributed by atoms with Crippen LogP contribution in [0.2, 0.25) is 0 Å². The number of rotatable bonds is 5. The first-order valence-electron chi connectivity index (χ1n) is 11.4. The van der Waals surface area contributed by atoms with Gasteiger partial charge in [0, 0.05) is 38.9 Å². The van der Waals surface area contributed by atoms with E-state index in [0.717, 1.165) is 23.6 Å². The molecule has 0 spiro atoms. The molecule has 158 valence electrons. The number of fused-ring (bicyclic) bond motifs is 1. The number of aromatic nitrogens is 1. The molecule has 5 nitrogen and oxygen atoms in total. The van der Waals surface area contributed by atoms with Crippen LogP contribution in [0.25, 0.3) is 6.08 Å². The first-order chi connectivity index (χ1) is 14.0. The molecule has 0 N–H and O–H groups in total. The fraction of sp³-hybridized carbons (Fsp3) is 0.667. The lowest BCUT2D eigenvalue weighted by Gasteiger charge is -2.36. The lowest BCUT2D eigenvalue weighted by molar-refractivity contribution is 0.0728. The van der Waals surface area contributed by atoms with E-state index in [4.69, 9.17) is 0 Å². The molecule has 0 aromatic carbocycles. The first-order valence-corrected chi connectivity index (χ1v) is 11.4. The van der Waals surface area contributed by atoms with Crippen molar-refractivity contribution in [1.82, 2.24) is 14.4 Å². The molecule has 0 atom stereocenters. The third kappa shape index (κ3) is 4.50. The number of allylic oxidation sites excluding steroid dienone is 1. The Hall–Kier alpha value is -1.88. The number of nitrogens with zero attached hydrogens (tertiary/aromatic N) is 3. The fourth-order valence-corrected chi connectivity index (χ4v) is 5.43. The largest absolute Gasteiger partial charge is 0.341 e. The van der Waals surface area contributed by atoms with Gasteiger partial charge in [-0.2, -0.15) is 0 Å². The van der Waals surface area contributed by atoms with Gasteiger partial charge in [0.05, 0.1) is 5.56 Å². The van der Waals surface area contributed by atoms with Crippen LogP contribution >= 0.6 is 0 Å². The van der Waals surface area contributed by atoms with Crippen molar-refractivity contribution in [3.8, 4) is 0 Å². The number of carbonyl (C=O) groups is 1. The summed E-state index contributed by atoms with van der Waals surface area (Å²) in [7, 11) is 3.65. The smallest absolute Gasteiger partial charge is 0.255 e. The molecule has 2 aliphatic carbocycles. The van der Waals surface area contributed by atoms with Crippen LogP contribution in [0.5, 0.6) is 0 Å². The molecule has 0 unspecified atom stereocenters. The van der Waals surface area contributed by atoms with Crippen molar-refractivity contribution < 1.29 is 4.79 Å². The summed E-state index contributed by atoms with van der Waals surface area (Å²) in [6, 6.07) is 0. The second-order valence-corrected chi connectivity index (χ2v) is 9.39.